The van der Waals surface area contributed by atoms with E-state index >= 15 is 0 Å². The van der Waals surface area contributed by atoms with Gasteiger partial charge >= 0.3 is 0 Å². The van der Waals surface area contributed by atoms with Crippen LogP contribution in [0.3, 0.4) is 0 Å². The molecule has 1 amide bonds. The van der Waals surface area contributed by atoms with Crippen LogP contribution < -0.4 is 10.0 Å². The summed E-state index contributed by atoms with van der Waals surface area (Å²) in [4.78, 5) is 14.2. The molecule has 0 aromatic carbocycles. The Morgan fingerprint density at radius 1 is 0.739 bits per heavy atom. The van der Waals surface area contributed by atoms with Crippen LogP contribution in [0.1, 0.15) is 58.3 Å². The Bertz CT molecular complexity index is 944. The number of rotatable bonds is 23. The van der Waals surface area contributed by atoms with Crippen molar-refractivity contribution in [2.75, 3.05) is 99.3 Å². The van der Waals surface area contributed by atoms with E-state index in [2.05, 4.69) is 28.9 Å². The van der Waals surface area contributed by atoms with Crippen LogP contribution in [0.25, 0.3) is 0 Å². The first-order chi connectivity index (χ1) is 22.2. The molecule has 0 aromatic heterocycles. The van der Waals surface area contributed by atoms with Gasteiger partial charge in [-0.15, -0.1) is 23.2 Å². The zero-order chi connectivity index (χ0) is 33.2. The van der Waals surface area contributed by atoms with Gasteiger partial charge in [-0.05, 0) is 75.7 Å². The lowest BCUT2D eigenvalue weighted by molar-refractivity contribution is -0.122. The van der Waals surface area contributed by atoms with Gasteiger partial charge in [0, 0.05) is 50.0 Å². The summed E-state index contributed by atoms with van der Waals surface area (Å²) in [5.74, 6) is 2.01. The average molecular weight is 717 g/mol. The number of halogens is 2. The molecule has 5 atom stereocenters. The molecule has 3 fully saturated rings. The number of carbonyl (C=O) groups excluding carboxylic acids is 1. The Kier molecular flexibility index (Phi) is 19.6. The third kappa shape index (κ3) is 14.7. The molecule has 0 aromatic rings. The fourth-order valence-electron chi connectivity index (χ4n) is 7.15. The van der Waals surface area contributed by atoms with Gasteiger partial charge in [-0.25, -0.2) is 13.1 Å². The highest BCUT2D eigenvalue weighted by Gasteiger charge is 2.47. The molecule has 1 saturated heterocycles. The number of nitrogens with zero attached hydrogens (tertiary/aromatic N) is 1. The molecule has 3 aliphatic rings. The molecule has 2 N–H and O–H groups in total. The van der Waals surface area contributed by atoms with Crippen molar-refractivity contribution in [2.24, 2.45) is 23.7 Å². The second-order valence-corrected chi connectivity index (χ2v) is 16.2. The van der Waals surface area contributed by atoms with E-state index in [1.165, 1.54) is 0 Å². The van der Waals surface area contributed by atoms with Crippen LogP contribution >= 0.6 is 23.2 Å². The first-order valence-corrected chi connectivity index (χ1v) is 19.7. The minimum absolute atomic E-state index is 0.0716. The number of nitrogens with one attached hydrogen (secondary N) is 2. The number of hydrogen-bond donors (Lipinski definition) is 2. The molecule has 1 heterocycles. The fraction of sp³-hybridized carbons (Fsp3) is 0.969. The van der Waals surface area contributed by atoms with Crippen molar-refractivity contribution in [1.82, 2.24) is 14.9 Å². The molecular weight excluding hydrogens is 657 g/mol. The molecule has 1 aliphatic heterocycles. The third-order valence-corrected chi connectivity index (χ3v) is 12.3. The summed E-state index contributed by atoms with van der Waals surface area (Å²) < 4.78 is 55.9. The smallest absolute Gasteiger partial charge is 0.222 e. The van der Waals surface area contributed by atoms with Gasteiger partial charge in [-0.2, -0.15) is 0 Å². The summed E-state index contributed by atoms with van der Waals surface area (Å²) in [5.41, 5.74) is 0. The van der Waals surface area contributed by atoms with Gasteiger partial charge in [0.25, 0.3) is 0 Å². The van der Waals surface area contributed by atoms with E-state index in [-0.39, 0.29) is 28.5 Å². The van der Waals surface area contributed by atoms with Crippen molar-refractivity contribution in [3.63, 3.8) is 0 Å². The largest absolute Gasteiger partial charge is 0.379 e. The Labute approximate surface area is 287 Å². The summed E-state index contributed by atoms with van der Waals surface area (Å²) in [5, 5.41) is 2.72. The van der Waals surface area contributed by atoms with E-state index in [4.69, 9.17) is 46.9 Å². The first kappa shape index (κ1) is 40.2. The lowest BCUT2D eigenvalue weighted by atomic mass is 9.63. The molecular formula is C32H59Cl2N3O8S. The molecule has 2 aliphatic carbocycles. The van der Waals surface area contributed by atoms with Gasteiger partial charge in [0.2, 0.25) is 15.9 Å². The quantitative estimate of drug-likeness (QED) is 0.121. The maximum atomic E-state index is 13.0. The normalized spacial score (nSPS) is 29.0. The summed E-state index contributed by atoms with van der Waals surface area (Å²) in [6.45, 7) is 9.26. The Morgan fingerprint density at radius 2 is 1.30 bits per heavy atom. The molecule has 270 valence electrons. The highest BCUT2D eigenvalue weighted by molar-refractivity contribution is 7.90. The fourth-order valence-corrected chi connectivity index (χ4v) is 9.62. The van der Waals surface area contributed by atoms with Crippen molar-refractivity contribution in [3.8, 4) is 0 Å². The topological polar surface area (TPSA) is 125 Å². The summed E-state index contributed by atoms with van der Waals surface area (Å²) in [6.07, 6.45) is 6.46. The zero-order valence-corrected chi connectivity index (χ0v) is 30.3. The Balaban J connectivity index is 1.14. The molecule has 14 heteroatoms. The van der Waals surface area contributed by atoms with Crippen molar-refractivity contribution >= 4 is 39.1 Å². The number of carbonyl (C=O) groups is 1. The molecule has 0 spiro atoms. The van der Waals surface area contributed by atoms with Gasteiger partial charge in [0.05, 0.1) is 64.7 Å². The monoisotopic (exact) mass is 715 g/mol. The van der Waals surface area contributed by atoms with Crippen LogP contribution in [0.4, 0.5) is 0 Å². The minimum Gasteiger partial charge on any atom is -0.379 e. The van der Waals surface area contributed by atoms with Gasteiger partial charge < -0.3 is 33.9 Å². The summed E-state index contributed by atoms with van der Waals surface area (Å²) in [7, 11) is -1.20. The Morgan fingerprint density at radius 3 is 1.96 bits per heavy atom. The van der Waals surface area contributed by atoms with E-state index in [0.29, 0.717) is 109 Å². The predicted octanol–water partition coefficient (Wildman–Crippen LogP) is 3.27. The Hall–Kier alpha value is -0.280. The van der Waals surface area contributed by atoms with Gasteiger partial charge in [0.15, 0.2) is 0 Å². The van der Waals surface area contributed by atoms with E-state index < -0.39 is 10.0 Å². The molecule has 0 radical (unpaired) electrons. The van der Waals surface area contributed by atoms with Crippen molar-refractivity contribution in [2.45, 2.75) is 74.3 Å². The number of piperidine rings is 1. The van der Waals surface area contributed by atoms with E-state index in [1.807, 2.05) is 0 Å². The number of amides is 1. The van der Waals surface area contributed by atoms with Gasteiger partial charge in [0.1, 0.15) is 0 Å². The van der Waals surface area contributed by atoms with E-state index in [0.717, 1.165) is 51.8 Å². The van der Waals surface area contributed by atoms with Crippen molar-refractivity contribution in [3.05, 3.63) is 0 Å². The first-order valence-electron chi connectivity index (χ1n) is 17.3. The molecule has 0 bridgehead atoms. The third-order valence-electron chi connectivity index (χ3n) is 9.44. The average Bonchev–Trinajstić information content (AvgIpc) is 3.03. The molecule has 2 saturated carbocycles. The van der Waals surface area contributed by atoms with Crippen molar-refractivity contribution in [1.29, 1.82) is 0 Å². The number of hydrogen-bond acceptors (Lipinski definition) is 9. The maximum absolute atomic E-state index is 13.0. The lowest BCUT2D eigenvalue weighted by Crippen LogP contribution is -2.53. The molecule has 11 nitrogen and oxygen atoms in total. The van der Waals surface area contributed by atoms with Gasteiger partial charge in [-0.3, -0.25) is 4.79 Å². The van der Waals surface area contributed by atoms with Crippen LogP contribution in [0.15, 0.2) is 0 Å². The molecule has 46 heavy (non-hydrogen) atoms. The molecule has 5 unspecified atom stereocenters. The second-order valence-electron chi connectivity index (χ2n) is 12.9. The second kappa shape index (κ2) is 22.4. The predicted molar refractivity (Wildman–Crippen MR) is 181 cm³/mol. The number of fused-ring (bicyclic) bond motifs is 1. The van der Waals surface area contributed by atoms with E-state index in [9.17, 15) is 13.2 Å². The highest BCUT2D eigenvalue weighted by Crippen LogP contribution is 2.48. The highest BCUT2D eigenvalue weighted by atomic mass is 35.5. The van der Waals surface area contributed by atoms with E-state index in [1.54, 1.807) is 0 Å². The number of sulfonamides is 1. The number of likely N-dealkylation sites (tertiary alicyclic amines) is 1. The number of alkyl halides is 2. The summed E-state index contributed by atoms with van der Waals surface area (Å²) >= 11 is 13.3. The SMILES string of the molecule is CCCOCCOCCC(=O)NCCOCCOCCOCCNS(=O)(=O)C1CCC(C2CN(C)CC3C(Cl)CC(Cl)CC32)CC1. The minimum atomic E-state index is -3.38. The van der Waals surface area contributed by atoms with Crippen LogP contribution in [0.2, 0.25) is 0 Å². The summed E-state index contributed by atoms with van der Waals surface area (Å²) in [6, 6.07) is 0. The van der Waals surface area contributed by atoms with Crippen LogP contribution in [-0.2, 0) is 38.5 Å². The lowest BCUT2D eigenvalue weighted by Gasteiger charge is -2.51. The van der Waals surface area contributed by atoms with Gasteiger partial charge in [-0.1, -0.05) is 6.92 Å². The molecule has 3 rings (SSSR count). The van der Waals surface area contributed by atoms with Crippen molar-refractivity contribution < 1.29 is 36.9 Å². The zero-order valence-electron chi connectivity index (χ0n) is 28.0. The van der Waals surface area contributed by atoms with Crippen LogP contribution in [0, 0.1) is 23.7 Å². The maximum Gasteiger partial charge on any atom is 0.222 e. The van der Waals surface area contributed by atoms with Crippen LogP contribution in [0.5, 0.6) is 0 Å². The standard InChI is InChI=1S/C32H59Cl2N3O8S/c1-3-11-41-15-16-42-12-8-32(38)35-9-13-43-17-19-45-20-18-44-14-10-36-46(39,40)27-6-4-25(5-7-27)29-23-37(2)24-30-28(29)21-26(33)22-31(30)34/h25-31,36H,3-24H2,1-2H3,(H,35,38). The number of ether oxygens (including phenoxy) is 5. The van der Waals surface area contributed by atoms with Crippen LogP contribution in [-0.4, -0.2) is 135 Å².